The molecule has 1 heterocycles. The predicted octanol–water partition coefficient (Wildman–Crippen LogP) is 5.12. The molecule has 3 rings (SSSR count). The number of nitrogens with zero attached hydrogens (tertiary/aromatic N) is 2. The van der Waals surface area contributed by atoms with Gasteiger partial charge < -0.3 is 10.2 Å². The molecule has 3 aromatic rings. The number of benzene rings is 2. The van der Waals surface area contributed by atoms with Gasteiger partial charge in [0.25, 0.3) is 0 Å². The van der Waals surface area contributed by atoms with Crippen molar-refractivity contribution in [3.8, 4) is 10.6 Å². The maximum atomic E-state index is 12.5. The summed E-state index contributed by atoms with van der Waals surface area (Å²) < 4.78 is 0.996. The number of aromatic nitrogens is 1. The number of amides is 2. The average molecular weight is 472 g/mol. The van der Waals surface area contributed by atoms with Crippen molar-refractivity contribution in [2.45, 2.75) is 26.8 Å². The molecule has 7 heteroatoms. The van der Waals surface area contributed by atoms with Crippen LogP contribution in [0.4, 0.5) is 5.69 Å². The second-order valence-corrected chi connectivity index (χ2v) is 8.39. The third-order valence-electron chi connectivity index (χ3n) is 4.38. The summed E-state index contributed by atoms with van der Waals surface area (Å²) in [6.07, 6.45) is 0.212. The van der Waals surface area contributed by atoms with E-state index in [1.54, 1.807) is 11.8 Å². The number of nitrogens with one attached hydrogen (secondary N) is 1. The van der Waals surface area contributed by atoms with Crippen LogP contribution < -0.4 is 5.32 Å². The SMILES string of the molecule is CCN(Cc1cccc(NC(=O)Cc2csc(-c3cccc(Br)c3)n2)c1)C(C)=O. The quantitative estimate of drug-likeness (QED) is 0.519. The molecule has 0 spiro atoms. The Balaban J connectivity index is 1.63. The molecule has 1 N–H and O–H groups in total. The molecular weight excluding hydrogens is 450 g/mol. The fraction of sp³-hybridized carbons (Fsp3) is 0.227. The number of halogens is 1. The monoisotopic (exact) mass is 471 g/mol. The number of carbonyl (C=O) groups is 2. The number of rotatable bonds is 7. The van der Waals surface area contributed by atoms with Crippen LogP contribution in [0, 0.1) is 0 Å². The van der Waals surface area contributed by atoms with E-state index in [1.165, 1.54) is 11.3 Å². The Hall–Kier alpha value is -2.51. The van der Waals surface area contributed by atoms with Gasteiger partial charge in [0, 0.05) is 41.1 Å². The zero-order valence-electron chi connectivity index (χ0n) is 16.3. The van der Waals surface area contributed by atoms with Crippen molar-refractivity contribution in [3.63, 3.8) is 0 Å². The van der Waals surface area contributed by atoms with Crippen molar-refractivity contribution in [2.24, 2.45) is 0 Å². The van der Waals surface area contributed by atoms with Crippen molar-refractivity contribution in [1.29, 1.82) is 0 Å². The summed E-state index contributed by atoms with van der Waals surface area (Å²) in [5, 5.41) is 5.73. The van der Waals surface area contributed by atoms with E-state index in [4.69, 9.17) is 0 Å². The topological polar surface area (TPSA) is 62.3 Å². The lowest BCUT2D eigenvalue weighted by molar-refractivity contribution is -0.129. The van der Waals surface area contributed by atoms with Gasteiger partial charge in [0.15, 0.2) is 0 Å². The van der Waals surface area contributed by atoms with Gasteiger partial charge in [0.2, 0.25) is 11.8 Å². The third kappa shape index (κ3) is 5.98. The Morgan fingerprint density at radius 1 is 1.17 bits per heavy atom. The number of carbonyl (C=O) groups excluding carboxylic acids is 2. The molecule has 150 valence electrons. The van der Waals surface area contributed by atoms with Crippen molar-refractivity contribution in [3.05, 3.63) is 69.6 Å². The van der Waals surface area contributed by atoms with Crippen molar-refractivity contribution in [1.82, 2.24) is 9.88 Å². The summed E-state index contributed by atoms with van der Waals surface area (Å²) in [5.41, 5.74) is 3.46. The van der Waals surface area contributed by atoms with Crippen LogP contribution in [0.1, 0.15) is 25.1 Å². The normalized spacial score (nSPS) is 10.6. The molecule has 0 radical (unpaired) electrons. The van der Waals surface area contributed by atoms with Gasteiger partial charge in [-0.2, -0.15) is 0 Å². The first-order valence-electron chi connectivity index (χ1n) is 9.29. The van der Waals surface area contributed by atoms with Gasteiger partial charge in [0.1, 0.15) is 5.01 Å². The fourth-order valence-corrected chi connectivity index (χ4v) is 4.14. The lowest BCUT2D eigenvalue weighted by Gasteiger charge is -2.19. The van der Waals surface area contributed by atoms with Crippen LogP contribution in [0.15, 0.2) is 58.4 Å². The second kappa shape index (κ2) is 9.80. The minimum Gasteiger partial charge on any atom is -0.339 e. The Bertz CT molecular complexity index is 1020. The zero-order chi connectivity index (χ0) is 20.8. The first-order valence-corrected chi connectivity index (χ1v) is 11.0. The van der Waals surface area contributed by atoms with Gasteiger partial charge in [-0.05, 0) is 36.8 Å². The zero-order valence-corrected chi connectivity index (χ0v) is 18.7. The van der Waals surface area contributed by atoms with Crippen LogP contribution >= 0.6 is 27.3 Å². The lowest BCUT2D eigenvalue weighted by Crippen LogP contribution is -2.27. The Kier molecular flexibility index (Phi) is 7.17. The van der Waals surface area contributed by atoms with Gasteiger partial charge in [-0.25, -0.2) is 4.98 Å². The minimum atomic E-state index is -0.118. The fourth-order valence-electron chi connectivity index (χ4n) is 2.93. The summed E-state index contributed by atoms with van der Waals surface area (Å²) in [6.45, 7) is 4.68. The summed E-state index contributed by atoms with van der Waals surface area (Å²) in [4.78, 5) is 30.4. The summed E-state index contributed by atoms with van der Waals surface area (Å²) in [5.74, 6) is -0.0844. The van der Waals surface area contributed by atoms with Gasteiger partial charge in [-0.15, -0.1) is 11.3 Å². The molecule has 5 nitrogen and oxygen atoms in total. The largest absolute Gasteiger partial charge is 0.339 e. The van der Waals surface area contributed by atoms with E-state index in [0.717, 1.165) is 32.0 Å². The molecule has 29 heavy (non-hydrogen) atoms. The molecule has 0 bridgehead atoms. The molecule has 0 saturated carbocycles. The average Bonchev–Trinajstić information content (AvgIpc) is 3.14. The minimum absolute atomic E-state index is 0.0340. The summed E-state index contributed by atoms with van der Waals surface area (Å²) >= 11 is 4.99. The van der Waals surface area contributed by atoms with Crippen LogP contribution in [0.5, 0.6) is 0 Å². The van der Waals surface area contributed by atoms with Crippen LogP contribution in [0.3, 0.4) is 0 Å². The smallest absolute Gasteiger partial charge is 0.230 e. The number of anilines is 1. The molecule has 0 unspecified atom stereocenters. The first-order chi connectivity index (χ1) is 13.9. The van der Waals surface area contributed by atoms with Crippen LogP contribution in [0.2, 0.25) is 0 Å². The number of thiazole rings is 1. The highest BCUT2D eigenvalue weighted by Crippen LogP contribution is 2.26. The third-order valence-corrected chi connectivity index (χ3v) is 5.81. The van der Waals surface area contributed by atoms with E-state index >= 15 is 0 Å². The number of hydrogen-bond donors (Lipinski definition) is 1. The van der Waals surface area contributed by atoms with E-state index in [-0.39, 0.29) is 18.2 Å². The lowest BCUT2D eigenvalue weighted by atomic mass is 10.1. The first kappa shape index (κ1) is 21.2. The predicted molar refractivity (Wildman–Crippen MR) is 121 cm³/mol. The van der Waals surface area contributed by atoms with E-state index in [0.29, 0.717) is 13.1 Å². The maximum Gasteiger partial charge on any atom is 0.230 e. The Morgan fingerprint density at radius 3 is 2.69 bits per heavy atom. The highest BCUT2D eigenvalue weighted by Gasteiger charge is 2.11. The molecule has 2 aromatic carbocycles. The molecule has 0 aliphatic rings. The Morgan fingerprint density at radius 2 is 1.97 bits per heavy atom. The molecule has 0 saturated heterocycles. The standard InChI is InChI=1S/C22H22BrN3O2S/c1-3-26(15(2)27)13-16-6-4-9-19(10-16)24-21(28)12-20-14-29-22(25-20)17-7-5-8-18(23)11-17/h4-11,14H,3,12-13H2,1-2H3,(H,24,28). The molecule has 2 amide bonds. The van der Waals surface area contributed by atoms with Crippen LogP contribution in [0.25, 0.3) is 10.6 Å². The van der Waals surface area contributed by atoms with Gasteiger partial charge >= 0.3 is 0 Å². The van der Waals surface area contributed by atoms with Crippen molar-refractivity contribution < 1.29 is 9.59 Å². The highest BCUT2D eigenvalue weighted by atomic mass is 79.9. The number of hydrogen-bond acceptors (Lipinski definition) is 4. The highest BCUT2D eigenvalue weighted by molar-refractivity contribution is 9.10. The molecule has 0 atom stereocenters. The van der Waals surface area contributed by atoms with E-state index in [1.807, 2.05) is 60.8 Å². The second-order valence-electron chi connectivity index (χ2n) is 6.61. The van der Waals surface area contributed by atoms with E-state index < -0.39 is 0 Å². The summed E-state index contributed by atoms with van der Waals surface area (Å²) in [6, 6.07) is 15.5. The molecule has 0 aliphatic carbocycles. The van der Waals surface area contributed by atoms with E-state index in [2.05, 4.69) is 26.2 Å². The van der Waals surface area contributed by atoms with Crippen LogP contribution in [-0.2, 0) is 22.6 Å². The maximum absolute atomic E-state index is 12.5. The Labute approximate surface area is 182 Å². The van der Waals surface area contributed by atoms with E-state index in [9.17, 15) is 9.59 Å². The summed E-state index contributed by atoms with van der Waals surface area (Å²) in [7, 11) is 0. The molecule has 1 aromatic heterocycles. The van der Waals surface area contributed by atoms with Gasteiger partial charge in [-0.1, -0.05) is 40.2 Å². The molecule has 0 fully saturated rings. The van der Waals surface area contributed by atoms with Crippen molar-refractivity contribution in [2.75, 3.05) is 11.9 Å². The van der Waals surface area contributed by atoms with Gasteiger partial charge in [-0.3, -0.25) is 9.59 Å². The molecule has 0 aliphatic heterocycles. The van der Waals surface area contributed by atoms with Crippen molar-refractivity contribution >= 4 is 44.8 Å². The molecular formula is C22H22BrN3O2S. The van der Waals surface area contributed by atoms with Crippen LogP contribution in [-0.4, -0.2) is 28.2 Å². The van der Waals surface area contributed by atoms with Gasteiger partial charge in [0.05, 0.1) is 12.1 Å².